The molecule has 98 valence electrons. The molecule has 0 aliphatic rings. The summed E-state index contributed by atoms with van der Waals surface area (Å²) >= 11 is 18.1. The van der Waals surface area contributed by atoms with Crippen LogP contribution in [0.4, 0.5) is 5.69 Å². The molecule has 0 heterocycles. The van der Waals surface area contributed by atoms with Crippen LogP contribution in [0.15, 0.2) is 36.0 Å². The number of nitriles is 2. The summed E-state index contributed by atoms with van der Waals surface area (Å²) in [6.07, 6.45) is 1.33. The Morgan fingerprint density at radius 2 is 1.95 bits per heavy atom. The van der Waals surface area contributed by atoms with Crippen LogP contribution in [0.2, 0.25) is 0 Å². The van der Waals surface area contributed by atoms with E-state index in [0.29, 0.717) is 5.69 Å². The van der Waals surface area contributed by atoms with Gasteiger partial charge in [0.05, 0.1) is 5.69 Å². The van der Waals surface area contributed by atoms with E-state index in [9.17, 15) is 0 Å². The third kappa shape index (κ3) is 5.63. The molecule has 3 nitrogen and oxygen atoms in total. The summed E-state index contributed by atoms with van der Waals surface area (Å²) in [5, 5.41) is 17.6. The number of anilines is 1. The fourth-order valence-electron chi connectivity index (χ4n) is 1.23. The van der Waals surface area contributed by atoms with Crippen molar-refractivity contribution in [2.75, 3.05) is 4.31 Å². The van der Waals surface area contributed by atoms with Crippen LogP contribution in [-0.4, -0.2) is 3.12 Å². The molecular formula is C12H8Cl3N3S. The molecule has 0 unspecified atom stereocenters. The lowest BCUT2D eigenvalue weighted by Crippen LogP contribution is -2.13. The Morgan fingerprint density at radius 3 is 2.42 bits per heavy atom. The molecular weight excluding hydrogens is 325 g/mol. The average Bonchev–Trinajstić information content (AvgIpc) is 2.33. The summed E-state index contributed by atoms with van der Waals surface area (Å²) in [4.78, 5) is 0. The molecule has 0 amide bonds. The van der Waals surface area contributed by atoms with E-state index in [2.05, 4.69) is 0 Å². The summed E-state index contributed by atoms with van der Waals surface area (Å²) in [7, 11) is 0. The van der Waals surface area contributed by atoms with Gasteiger partial charge in [-0.15, -0.1) is 0 Å². The molecule has 0 fully saturated rings. The summed E-state index contributed by atoms with van der Waals surface area (Å²) in [6.45, 7) is 1.92. The van der Waals surface area contributed by atoms with Gasteiger partial charge in [0.1, 0.15) is 17.7 Å². The van der Waals surface area contributed by atoms with Gasteiger partial charge in [0.15, 0.2) is 0 Å². The highest BCUT2D eigenvalue weighted by atomic mass is 35.6. The maximum absolute atomic E-state index is 8.80. The maximum atomic E-state index is 8.80. The molecule has 0 saturated heterocycles. The molecule has 0 atom stereocenters. The molecule has 7 heteroatoms. The highest BCUT2D eigenvalue weighted by molar-refractivity contribution is 8.06. The monoisotopic (exact) mass is 331 g/mol. The van der Waals surface area contributed by atoms with Gasteiger partial charge in [0.25, 0.3) is 3.12 Å². The van der Waals surface area contributed by atoms with Crippen LogP contribution in [0.3, 0.4) is 0 Å². The summed E-state index contributed by atoms with van der Waals surface area (Å²) in [5.74, 6) is 0. The third-order valence-corrected chi connectivity index (χ3v) is 3.29. The van der Waals surface area contributed by atoms with E-state index in [1.54, 1.807) is 18.2 Å². The number of hydrogen-bond donors (Lipinski definition) is 0. The lowest BCUT2D eigenvalue weighted by Gasteiger charge is -2.23. The number of aryl methyl sites for hydroxylation is 1. The molecule has 1 rings (SSSR count). The van der Waals surface area contributed by atoms with Gasteiger partial charge in [0.2, 0.25) is 0 Å². The van der Waals surface area contributed by atoms with Crippen LogP contribution >= 0.6 is 46.8 Å². The predicted molar refractivity (Wildman–Crippen MR) is 80.8 cm³/mol. The van der Waals surface area contributed by atoms with E-state index < -0.39 is 3.12 Å². The smallest absolute Gasteiger partial charge is 0.256 e. The van der Waals surface area contributed by atoms with Crippen LogP contribution in [0.25, 0.3) is 0 Å². The molecule has 0 bridgehead atoms. The zero-order valence-electron chi connectivity index (χ0n) is 9.77. The van der Waals surface area contributed by atoms with Crippen molar-refractivity contribution >= 4 is 52.4 Å². The van der Waals surface area contributed by atoms with Crippen LogP contribution in [0.1, 0.15) is 5.56 Å². The van der Waals surface area contributed by atoms with E-state index >= 15 is 0 Å². The Balaban J connectivity index is 3.18. The van der Waals surface area contributed by atoms with E-state index in [1.807, 2.05) is 25.1 Å². The van der Waals surface area contributed by atoms with Gasteiger partial charge in [-0.2, -0.15) is 10.5 Å². The van der Waals surface area contributed by atoms with Crippen LogP contribution in [-0.2, 0) is 0 Å². The quantitative estimate of drug-likeness (QED) is 0.457. The van der Waals surface area contributed by atoms with Gasteiger partial charge in [-0.3, -0.25) is 4.31 Å². The number of hydrogen-bond acceptors (Lipinski definition) is 4. The molecule has 19 heavy (non-hydrogen) atoms. The molecule has 0 aliphatic heterocycles. The van der Waals surface area contributed by atoms with Gasteiger partial charge in [0, 0.05) is 18.1 Å². The minimum absolute atomic E-state index is 0.0803. The van der Waals surface area contributed by atoms with Crippen LogP contribution in [0.5, 0.6) is 0 Å². The highest BCUT2D eigenvalue weighted by Gasteiger charge is 2.25. The third-order valence-electron chi connectivity index (χ3n) is 1.95. The molecule has 0 saturated carbocycles. The number of alkyl halides is 3. The number of benzene rings is 1. The first kappa shape index (κ1) is 16.0. The van der Waals surface area contributed by atoms with Crippen molar-refractivity contribution in [2.45, 2.75) is 10.0 Å². The minimum Gasteiger partial charge on any atom is -0.286 e. The Kier molecular flexibility index (Phi) is 5.85. The first-order chi connectivity index (χ1) is 8.85. The largest absolute Gasteiger partial charge is 0.286 e. The van der Waals surface area contributed by atoms with Crippen molar-refractivity contribution in [1.29, 1.82) is 10.5 Å². The normalized spacial score (nSPS) is 10.2. The van der Waals surface area contributed by atoms with E-state index in [4.69, 9.17) is 45.3 Å². The fourth-order valence-corrected chi connectivity index (χ4v) is 2.50. The Hall–Kier alpha value is -1.04. The van der Waals surface area contributed by atoms with Crippen LogP contribution < -0.4 is 4.31 Å². The highest BCUT2D eigenvalue weighted by Crippen LogP contribution is 2.43. The topological polar surface area (TPSA) is 50.8 Å². The predicted octanol–water partition coefficient (Wildman–Crippen LogP) is 4.71. The van der Waals surface area contributed by atoms with Gasteiger partial charge >= 0.3 is 0 Å². The average molecular weight is 333 g/mol. The van der Waals surface area contributed by atoms with Gasteiger partial charge in [-0.05, 0) is 24.6 Å². The molecule has 0 aliphatic carbocycles. The van der Waals surface area contributed by atoms with E-state index in [0.717, 1.165) is 17.5 Å². The van der Waals surface area contributed by atoms with Crippen molar-refractivity contribution in [1.82, 2.24) is 0 Å². The lowest BCUT2D eigenvalue weighted by atomic mass is 10.2. The number of halogens is 3. The van der Waals surface area contributed by atoms with Crippen molar-refractivity contribution < 1.29 is 0 Å². The molecule has 1 aromatic carbocycles. The molecule has 0 N–H and O–H groups in total. The Bertz CT molecular complexity index is 551. The van der Waals surface area contributed by atoms with Crippen molar-refractivity contribution in [3.8, 4) is 12.1 Å². The van der Waals surface area contributed by atoms with Crippen molar-refractivity contribution in [3.05, 3.63) is 41.6 Å². The Morgan fingerprint density at radius 1 is 1.32 bits per heavy atom. The summed E-state index contributed by atoms with van der Waals surface area (Å²) in [5.41, 5.74) is 1.64. The van der Waals surface area contributed by atoms with Gasteiger partial charge in [-0.25, -0.2) is 0 Å². The first-order valence-corrected chi connectivity index (χ1v) is 6.90. The van der Waals surface area contributed by atoms with Gasteiger partial charge < -0.3 is 0 Å². The lowest BCUT2D eigenvalue weighted by molar-refractivity contribution is 1.36. The Labute approximate surface area is 131 Å². The zero-order chi connectivity index (χ0) is 14.5. The number of allylic oxidation sites excluding steroid dienone is 1. The minimum atomic E-state index is -1.60. The number of nitrogens with zero attached hydrogens (tertiary/aromatic N) is 3. The van der Waals surface area contributed by atoms with Gasteiger partial charge in [-0.1, -0.05) is 46.9 Å². The second kappa shape index (κ2) is 6.93. The van der Waals surface area contributed by atoms with E-state index in [1.165, 1.54) is 10.5 Å². The molecule has 1 aromatic rings. The van der Waals surface area contributed by atoms with Crippen molar-refractivity contribution in [3.63, 3.8) is 0 Å². The zero-order valence-corrected chi connectivity index (χ0v) is 12.9. The van der Waals surface area contributed by atoms with Crippen molar-refractivity contribution in [2.24, 2.45) is 0 Å². The summed E-state index contributed by atoms with van der Waals surface area (Å²) < 4.78 is -0.113. The fraction of sp³-hybridized carbons (Fsp3) is 0.167. The molecule has 0 spiro atoms. The SMILES string of the molecule is Cc1cccc(N(C=C(C#N)C#N)SC(Cl)(Cl)Cl)c1. The summed E-state index contributed by atoms with van der Waals surface area (Å²) in [6, 6.07) is 10.9. The number of rotatable bonds is 3. The second-order valence-electron chi connectivity index (χ2n) is 3.47. The molecule has 0 radical (unpaired) electrons. The second-order valence-corrected chi connectivity index (χ2v) is 7.61. The maximum Gasteiger partial charge on any atom is 0.256 e. The first-order valence-electron chi connectivity index (χ1n) is 4.99. The van der Waals surface area contributed by atoms with Crippen LogP contribution in [0, 0.1) is 29.6 Å². The molecule has 0 aromatic heterocycles. The van der Waals surface area contributed by atoms with E-state index in [-0.39, 0.29) is 5.57 Å². The standard InChI is InChI=1S/C12H8Cl3N3S/c1-9-3-2-4-11(5-9)18(19-12(13,14)15)8-10(6-16)7-17/h2-5,8H,1H3.